The molecule has 7 heteroatoms. The molecule has 0 fully saturated rings. The number of rotatable bonds is 6. The number of ether oxygens (including phenoxy) is 1. The zero-order chi connectivity index (χ0) is 17.8. The molecule has 3 rings (SSSR count). The maximum absolute atomic E-state index is 12.4. The molecule has 2 aromatic carbocycles. The standard InChI is InChI=1S/C18H16N2O4S/c1-24-16-7-6-13(20(22)23)10-15(16)18(21)19-9-8-12-11-25-17-5-3-2-4-14(12)17/h2-7,10-11H,8-9H2,1H3,(H,19,21). The van der Waals surface area contributed by atoms with E-state index < -0.39 is 4.92 Å². The summed E-state index contributed by atoms with van der Waals surface area (Å²) in [5.41, 5.74) is 1.19. The highest BCUT2D eigenvalue weighted by molar-refractivity contribution is 7.17. The number of fused-ring (bicyclic) bond motifs is 1. The quantitative estimate of drug-likeness (QED) is 0.538. The average Bonchev–Trinajstić information content (AvgIpc) is 3.04. The number of amides is 1. The minimum absolute atomic E-state index is 0.144. The molecule has 0 aliphatic heterocycles. The molecule has 0 aliphatic carbocycles. The normalized spacial score (nSPS) is 10.6. The fourth-order valence-corrected chi connectivity index (χ4v) is 3.62. The minimum Gasteiger partial charge on any atom is -0.496 e. The summed E-state index contributed by atoms with van der Waals surface area (Å²) in [5, 5.41) is 17.0. The van der Waals surface area contributed by atoms with Crippen molar-refractivity contribution < 1.29 is 14.5 Å². The van der Waals surface area contributed by atoms with Crippen LogP contribution < -0.4 is 10.1 Å². The molecule has 0 aliphatic rings. The van der Waals surface area contributed by atoms with Crippen LogP contribution in [0.4, 0.5) is 5.69 Å². The average molecular weight is 356 g/mol. The van der Waals surface area contributed by atoms with E-state index in [1.807, 2.05) is 12.1 Å². The summed E-state index contributed by atoms with van der Waals surface area (Å²) in [4.78, 5) is 22.7. The zero-order valence-electron chi connectivity index (χ0n) is 13.5. The Morgan fingerprint density at radius 1 is 1.28 bits per heavy atom. The highest BCUT2D eigenvalue weighted by Crippen LogP contribution is 2.26. The Balaban J connectivity index is 1.70. The lowest BCUT2D eigenvalue weighted by molar-refractivity contribution is -0.384. The van der Waals surface area contributed by atoms with Crippen LogP contribution in [0.1, 0.15) is 15.9 Å². The van der Waals surface area contributed by atoms with Crippen LogP contribution in [-0.2, 0) is 6.42 Å². The SMILES string of the molecule is COc1ccc([N+](=O)[O-])cc1C(=O)NCCc1csc2ccccc12. The molecule has 0 spiro atoms. The second-order valence-corrected chi connectivity index (χ2v) is 6.32. The van der Waals surface area contributed by atoms with Crippen molar-refractivity contribution in [3.63, 3.8) is 0 Å². The second kappa shape index (κ2) is 7.31. The van der Waals surface area contributed by atoms with Crippen LogP contribution in [0.5, 0.6) is 5.75 Å². The Labute approximate surface area is 148 Å². The van der Waals surface area contributed by atoms with E-state index in [1.54, 1.807) is 11.3 Å². The van der Waals surface area contributed by atoms with Gasteiger partial charge >= 0.3 is 0 Å². The third-order valence-electron chi connectivity index (χ3n) is 3.88. The van der Waals surface area contributed by atoms with Crippen LogP contribution in [0, 0.1) is 10.1 Å². The van der Waals surface area contributed by atoms with Gasteiger partial charge in [0, 0.05) is 23.4 Å². The summed E-state index contributed by atoms with van der Waals surface area (Å²) in [5.74, 6) is -0.0795. The molecule has 1 heterocycles. The number of carbonyl (C=O) groups is 1. The zero-order valence-corrected chi connectivity index (χ0v) is 14.3. The van der Waals surface area contributed by atoms with Gasteiger partial charge in [0.05, 0.1) is 17.6 Å². The molecule has 0 radical (unpaired) electrons. The van der Waals surface area contributed by atoms with Crippen LogP contribution in [0.25, 0.3) is 10.1 Å². The maximum Gasteiger partial charge on any atom is 0.270 e. The highest BCUT2D eigenvalue weighted by atomic mass is 32.1. The summed E-state index contributed by atoms with van der Waals surface area (Å²) in [6.45, 7) is 0.436. The Kier molecular flexibility index (Phi) is 4.95. The Bertz CT molecular complexity index is 936. The van der Waals surface area contributed by atoms with Crippen molar-refractivity contribution in [3.8, 4) is 5.75 Å². The first kappa shape index (κ1) is 16.9. The Morgan fingerprint density at radius 2 is 2.08 bits per heavy atom. The van der Waals surface area contributed by atoms with Gasteiger partial charge in [-0.1, -0.05) is 18.2 Å². The molecule has 3 aromatic rings. The lowest BCUT2D eigenvalue weighted by atomic mass is 10.1. The van der Waals surface area contributed by atoms with Gasteiger partial charge in [0.15, 0.2) is 0 Å². The van der Waals surface area contributed by atoms with Gasteiger partial charge in [-0.15, -0.1) is 11.3 Å². The van der Waals surface area contributed by atoms with Crippen LogP contribution in [0.3, 0.4) is 0 Å². The first-order valence-electron chi connectivity index (χ1n) is 7.66. The van der Waals surface area contributed by atoms with Crippen molar-refractivity contribution in [2.45, 2.75) is 6.42 Å². The molecule has 128 valence electrons. The number of benzene rings is 2. The van der Waals surface area contributed by atoms with Gasteiger partial charge in [0.2, 0.25) is 0 Å². The van der Waals surface area contributed by atoms with Gasteiger partial charge in [0.1, 0.15) is 5.75 Å². The van der Waals surface area contributed by atoms with Gasteiger partial charge in [-0.25, -0.2) is 0 Å². The number of hydrogen-bond donors (Lipinski definition) is 1. The second-order valence-electron chi connectivity index (χ2n) is 5.40. The molecular formula is C18H16N2O4S. The molecule has 1 amide bonds. The largest absolute Gasteiger partial charge is 0.496 e. The van der Waals surface area contributed by atoms with E-state index in [9.17, 15) is 14.9 Å². The maximum atomic E-state index is 12.4. The third kappa shape index (κ3) is 3.61. The van der Waals surface area contributed by atoms with Crippen LogP contribution in [0.15, 0.2) is 47.8 Å². The van der Waals surface area contributed by atoms with E-state index in [1.165, 1.54) is 41.0 Å². The van der Waals surface area contributed by atoms with Crippen molar-refractivity contribution in [1.82, 2.24) is 5.32 Å². The van der Waals surface area contributed by atoms with Gasteiger partial charge in [-0.3, -0.25) is 14.9 Å². The van der Waals surface area contributed by atoms with E-state index >= 15 is 0 Å². The lowest BCUT2D eigenvalue weighted by Crippen LogP contribution is -2.26. The summed E-state index contributed by atoms with van der Waals surface area (Å²) in [6, 6.07) is 12.1. The Hall–Kier alpha value is -2.93. The van der Waals surface area contributed by atoms with E-state index in [0.29, 0.717) is 18.7 Å². The molecule has 0 atom stereocenters. The van der Waals surface area contributed by atoms with Crippen LogP contribution in [0.2, 0.25) is 0 Å². The Morgan fingerprint density at radius 3 is 2.84 bits per heavy atom. The first-order chi connectivity index (χ1) is 12.1. The molecule has 0 unspecified atom stereocenters. The number of nitro benzene ring substituents is 1. The topological polar surface area (TPSA) is 81.5 Å². The molecule has 25 heavy (non-hydrogen) atoms. The van der Waals surface area contributed by atoms with Crippen molar-refractivity contribution in [1.29, 1.82) is 0 Å². The van der Waals surface area contributed by atoms with Crippen molar-refractivity contribution in [3.05, 3.63) is 69.1 Å². The molecule has 0 saturated carbocycles. The molecule has 1 aromatic heterocycles. The number of nitro groups is 1. The number of nitrogens with zero attached hydrogens (tertiary/aromatic N) is 1. The number of methoxy groups -OCH3 is 1. The predicted molar refractivity (Wildman–Crippen MR) is 97.5 cm³/mol. The number of nitrogens with one attached hydrogen (secondary N) is 1. The fraction of sp³-hybridized carbons (Fsp3) is 0.167. The lowest BCUT2D eigenvalue weighted by Gasteiger charge is -2.09. The van der Waals surface area contributed by atoms with Crippen molar-refractivity contribution >= 4 is 33.0 Å². The molecule has 6 nitrogen and oxygen atoms in total. The van der Waals surface area contributed by atoms with E-state index in [4.69, 9.17) is 4.74 Å². The monoisotopic (exact) mass is 356 g/mol. The molecule has 0 bridgehead atoms. The van der Waals surface area contributed by atoms with E-state index in [-0.39, 0.29) is 17.2 Å². The van der Waals surface area contributed by atoms with E-state index in [2.05, 4.69) is 22.8 Å². The molecule has 0 saturated heterocycles. The van der Waals surface area contributed by atoms with Crippen LogP contribution in [-0.4, -0.2) is 24.5 Å². The first-order valence-corrected chi connectivity index (χ1v) is 8.54. The van der Waals surface area contributed by atoms with Crippen LogP contribution >= 0.6 is 11.3 Å². The predicted octanol–water partition coefficient (Wildman–Crippen LogP) is 3.79. The summed E-state index contributed by atoms with van der Waals surface area (Å²) < 4.78 is 6.34. The van der Waals surface area contributed by atoms with Gasteiger partial charge in [-0.05, 0) is 34.9 Å². The smallest absolute Gasteiger partial charge is 0.270 e. The van der Waals surface area contributed by atoms with Gasteiger partial charge in [-0.2, -0.15) is 0 Å². The summed E-state index contributed by atoms with van der Waals surface area (Å²) >= 11 is 1.67. The highest BCUT2D eigenvalue weighted by Gasteiger charge is 2.17. The minimum atomic E-state index is -0.534. The molecule has 1 N–H and O–H groups in total. The van der Waals surface area contributed by atoms with Crippen molar-refractivity contribution in [2.24, 2.45) is 0 Å². The fourth-order valence-electron chi connectivity index (χ4n) is 2.62. The van der Waals surface area contributed by atoms with E-state index in [0.717, 1.165) is 0 Å². The number of hydrogen-bond acceptors (Lipinski definition) is 5. The van der Waals surface area contributed by atoms with Crippen molar-refractivity contribution in [2.75, 3.05) is 13.7 Å². The molecular weight excluding hydrogens is 340 g/mol. The number of non-ortho nitro benzene ring substituents is 1. The van der Waals surface area contributed by atoms with Gasteiger partial charge in [0.25, 0.3) is 11.6 Å². The number of carbonyl (C=O) groups excluding carboxylic acids is 1. The summed E-state index contributed by atoms with van der Waals surface area (Å²) in [6.07, 6.45) is 0.687. The van der Waals surface area contributed by atoms with Gasteiger partial charge < -0.3 is 10.1 Å². The third-order valence-corrected chi connectivity index (χ3v) is 4.89. The summed E-state index contributed by atoms with van der Waals surface area (Å²) in [7, 11) is 1.43. The number of thiophene rings is 1.